The number of amides is 1. The van der Waals surface area contributed by atoms with Gasteiger partial charge in [-0.05, 0) is 35.9 Å². The predicted octanol–water partition coefficient (Wildman–Crippen LogP) is 5.40. The van der Waals surface area contributed by atoms with E-state index in [4.69, 9.17) is 16.3 Å². The van der Waals surface area contributed by atoms with Crippen molar-refractivity contribution in [2.45, 2.75) is 0 Å². The number of para-hydroxylation sites is 1. The molecule has 5 nitrogen and oxygen atoms in total. The summed E-state index contributed by atoms with van der Waals surface area (Å²) in [6.45, 7) is 4.84. The highest BCUT2D eigenvalue weighted by atomic mass is 35.5. The number of carbonyl (C=O) groups excluding carboxylic acids is 1. The smallest absolute Gasteiger partial charge is 0.238 e. The summed E-state index contributed by atoms with van der Waals surface area (Å²) in [5.41, 5.74) is 1.78. The van der Waals surface area contributed by atoms with Crippen LogP contribution in [0.2, 0.25) is 5.02 Å². The first kappa shape index (κ1) is 23.1. The van der Waals surface area contributed by atoms with E-state index in [0.717, 1.165) is 32.7 Å². The lowest BCUT2D eigenvalue weighted by molar-refractivity contribution is -0.117. The third-order valence-corrected chi connectivity index (χ3v) is 5.73. The number of benzene rings is 3. The summed E-state index contributed by atoms with van der Waals surface area (Å²) < 4.78 is 5.94. The lowest BCUT2D eigenvalue weighted by atomic mass is 10.2. The largest absolute Gasteiger partial charge is 0.455 e. The Balaban J connectivity index is 1.26. The van der Waals surface area contributed by atoms with Crippen molar-refractivity contribution in [2.24, 2.45) is 0 Å². The average molecular weight is 462 g/mol. The number of hydrogen-bond donors (Lipinski definition) is 1. The van der Waals surface area contributed by atoms with Crippen LogP contribution in [0.1, 0.15) is 5.56 Å². The zero-order valence-electron chi connectivity index (χ0n) is 18.5. The Morgan fingerprint density at radius 3 is 2.30 bits per heavy atom. The minimum Gasteiger partial charge on any atom is -0.455 e. The number of ether oxygens (including phenoxy) is 1. The number of nitrogens with zero attached hydrogens (tertiary/aromatic N) is 2. The molecule has 0 bridgehead atoms. The van der Waals surface area contributed by atoms with Gasteiger partial charge in [0.1, 0.15) is 5.75 Å². The Morgan fingerprint density at radius 1 is 0.909 bits per heavy atom. The SMILES string of the molecule is O=C(CN1CCN(C/C=C/c2ccccc2)CC1)Nc1cc(Cl)ccc1Oc1ccccc1. The number of anilines is 1. The van der Waals surface area contributed by atoms with E-state index in [1.807, 2.05) is 48.5 Å². The molecule has 0 aromatic heterocycles. The van der Waals surface area contributed by atoms with Gasteiger partial charge in [-0.1, -0.05) is 72.3 Å². The lowest BCUT2D eigenvalue weighted by Crippen LogP contribution is -2.48. The van der Waals surface area contributed by atoms with E-state index in [-0.39, 0.29) is 5.91 Å². The Kier molecular flexibility index (Phi) is 8.14. The van der Waals surface area contributed by atoms with Crippen LogP contribution in [0.15, 0.2) is 84.9 Å². The number of piperazine rings is 1. The van der Waals surface area contributed by atoms with Crippen molar-refractivity contribution in [3.05, 3.63) is 95.5 Å². The van der Waals surface area contributed by atoms with Gasteiger partial charge >= 0.3 is 0 Å². The molecule has 1 heterocycles. The number of rotatable bonds is 8. The van der Waals surface area contributed by atoms with Gasteiger partial charge in [-0.15, -0.1) is 0 Å². The topological polar surface area (TPSA) is 44.8 Å². The second-order valence-corrected chi connectivity index (χ2v) is 8.43. The Labute approximate surface area is 200 Å². The number of halogens is 1. The minimum absolute atomic E-state index is 0.0763. The fraction of sp³-hybridized carbons (Fsp3) is 0.222. The molecule has 1 N–H and O–H groups in total. The van der Waals surface area contributed by atoms with E-state index in [0.29, 0.717) is 28.8 Å². The van der Waals surface area contributed by atoms with Crippen LogP contribution in [0.25, 0.3) is 6.08 Å². The molecular weight excluding hydrogens is 434 g/mol. The molecule has 1 saturated heterocycles. The standard InChI is InChI=1S/C27H28ClN3O2/c28-23-13-14-26(33-24-11-5-2-6-12-24)25(20-23)29-27(32)21-31-18-16-30(17-19-31)15-7-10-22-8-3-1-4-9-22/h1-14,20H,15-19,21H2,(H,29,32)/b10-7+. The highest BCUT2D eigenvalue weighted by Gasteiger charge is 2.19. The molecule has 0 aliphatic carbocycles. The summed E-state index contributed by atoms with van der Waals surface area (Å²) in [7, 11) is 0. The summed E-state index contributed by atoms with van der Waals surface area (Å²) in [5, 5.41) is 3.51. The van der Waals surface area contributed by atoms with Crippen molar-refractivity contribution in [1.82, 2.24) is 9.80 Å². The number of nitrogens with one attached hydrogen (secondary N) is 1. The summed E-state index contributed by atoms with van der Waals surface area (Å²) in [6, 6.07) is 25.0. The van der Waals surface area contributed by atoms with Crippen LogP contribution < -0.4 is 10.1 Å². The second kappa shape index (κ2) is 11.7. The first-order valence-corrected chi connectivity index (χ1v) is 11.5. The van der Waals surface area contributed by atoms with E-state index in [1.54, 1.807) is 18.2 Å². The molecule has 0 spiro atoms. The maximum Gasteiger partial charge on any atom is 0.238 e. The van der Waals surface area contributed by atoms with E-state index >= 15 is 0 Å². The van der Waals surface area contributed by atoms with E-state index in [2.05, 4.69) is 39.4 Å². The Morgan fingerprint density at radius 2 is 1.58 bits per heavy atom. The van der Waals surface area contributed by atoms with Crippen molar-refractivity contribution < 1.29 is 9.53 Å². The van der Waals surface area contributed by atoms with Crippen LogP contribution in [-0.2, 0) is 4.79 Å². The van der Waals surface area contributed by atoms with E-state index in [9.17, 15) is 4.79 Å². The van der Waals surface area contributed by atoms with E-state index in [1.165, 1.54) is 5.56 Å². The predicted molar refractivity (Wildman–Crippen MR) is 135 cm³/mol. The third-order valence-electron chi connectivity index (χ3n) is 5.49. The maximum atomic E-state index is 12.7. The van der Waals surface area contributed by atoms with Crippen molar-refractivity contribution >= 4 is 29.3 Å². The molecule has 170 valence electrons. The fourth-order valence-corrected chi connectivity index (χ4v) is 3.90. The highest BCUT2D eigenvalue weighted by Crippen LogP contribution is 2.32. The normalized spacial score (nSPS) is 14.9. The molecule has 1 fully saturated rings. The van der Waals surface area contributed by atoms with Gasteiger partial charge in [-0.25, -0.2) is 0 Å². The molecule has 1 aliphatic heterocycles. The summed E-state index contributed by atoms with van der Waals surface area (Å²) in [5.74, 6) is 1.19. The van der Waals surface area contributed by atoms with Crippen LogP contribution in [0.5, 0.6) is 11.5 Å². The molecule has 6 heteroatoms. The molecule has 4 rings (SSSR count). The van der Waals surface area contributed by atoms with Gasteiger partial charge in [0.05, 0.1) is 12.2 Å². The molecule has 3 aromatic rings. The second-order valence-electron chi connectivity index (χ2n) is 7.99. The van der Waals surface area contributed by atoms with Gasteiger partial charge in [-0.3, -0.25) is 14.6 Å². The number of carbonyl (C=O) groups is 1. The number of hydrogen-bond acceptors (Lipinski definition) is 4. The minimum atomic E-state index is -0.0763. The van der Waals surface area contributed by atoms with Gasteiger partial charge in [0, 0.05) is 37.7 Å². The first-order valence-electron chi connectivity index (χ1n) is 11.1. The first-order chi connectivity index (χ1) is 16.2. The molecule has 1 aliphatic rings. The lowest BCUT2D eigenvalue weighted by Gasteiger charge is -2.33. The van der Waals surface area contributed by atoms with Crippen LogP contribution >= 0.6 is 11.6 Å². The molecule has 3 aromatic carbocycles. The summed E-state index contributed by atoms with van der Waals surface area (Å²) in [4.78, 5) is 17.3. The molecule has 0 unspecified atom stereocenters. The molecule has 0 radical (unpaired) electrons. The van der Waals surface area contributed by atoms with Crippen LogP contribution in [0.3, 0.4) is 0 Å². The van der Waals surface area contributed by atoms with Gasteiger partial charge in [0.15, 0.2) is 5.75 Å². The van der Waals surface area contributed by atoms with E-state index < -0.39 is 0 Å². The monoisotopic (exact) mass is 461 g/mol. The van der Waals surface area contributed by atoms with Crippen LogP contribution in [0, 0.1) is 0 Å². The third kappa shape index (κ3) is 7.19. The van der Waals surface area contributed by atoms with Crippen molar-refractivity contribution in [1.29, 1.82) is 0 Å². The van der Waals surface area contributed by atoms with Gasteiger partial charge in [-0.2, -0.15) is 0 Å². The van der Waals surface area contributed by atoms with Crippen molar-refractivity contribution in [3.8, 4) is 11.5 Å². The van der Waals surface area contributed by atoms with Gasteiger partial charge in [0.25, 0.3) is 0 Å². The average Bonchev–Trinajstić information content (AvgIpc) is 2.83. The van der Waals surface area contributed by atoms with Crippen LogP contribution in [-0.4, -0.2) is 55.0 Å². The summed E-state index contributed by atoms with van der Waals surface area (Å²) in [6.07, 6.45) is 4.35. The molecule has 1 amide bonds. The van der Waals surface area contributed by atoms with Crippen molar-refractivity contribution in [2.75, 3.05) is 44.6 Å². The van der Waals surface area contributed by atoms with Crippen LogP contribution in [0.4, 0.5) is 5.69 Å². The van der Waals surface area contributed by atoms with Gasteiger partial charge in [0.2, 0.25) is 5.91 Å². The quantitative estimate of drug-likeness (QED) is 0.487. The Bertz CT molecular complexity index is 1070. The molecule has 0 saturated carbocycles. The Hall–Kier alpha value is -3.12. The molecular formula is C27H28ClN3O2. The van der Waals surface area contributed by atoms with Gasteiger partial charge < -0.3 is 10.1 Å². The highest BCUT2D eigenvalue weighted by molar-refractivity contribution is 6.31. The molecule has 33 heavy (non-hydrogen) atoms. The fourth-order valence-electron chi connectivity index (χ4n) is 3.73. The molecule has 0 atom stereocenters. The van der Waals surface area contributed by atoms with Crippen molar-refractivity contribution in [3.63, 3.8) is 0 Å². The zero-order valence-corrected chi connectivity index (χ0v) is 19.2. The maximum absolute atomic E-state index is 12.7. The summed E-state index contributed by atoms with van der Waals surface area (Å²) >= 11 is 6.16. The zero-order chi connectivity index (χ0) is 22.9.